The first-order valence-corrected chi connectivity index (χ1v) is 4.43. The van der Waals surface area contributed by atoms with Crippen LogP contribution in [-0.4, -0.2) is 15.0 Å². The molecule has 5 heteroatoms. The number of aromatic nitrogens is 3. The second-order valence-electron chi connectivity index (χ2n) is 3.03. The van der Waals surface area contributed by atoms with Crippen molar-refractivity contribution in [3.63, 3.8) is 0 Å². The van der Waals surface area contributed by atoms with E-state index in [4.69, 9.17) is 4.42 Å². The van der Waals surface area contributed by atoms with Crippen molar-refractivity contribution in [3.8, 4) is 0 Å². The van der Waals surface area contributed by atoms with Gasteiger partial charge >= 0.3 is 0 Å². The Balaban J connectivity index is 1.81. The lowest BCUT2D eigenvalue weighted by atomic mass is 10.4. The van der Waals surface area contributed by atoms with Crippen molar-refractivity contribution in [1.29, 1.82) is 0 Å². The zero-order valence-electron chi connectivity index (χ0n) is 7.97. The minimum absolute atomic E-state index is 0.720. The molecule has 0 fully saturated rings. The van der Waals surface area contributed by atoms with E-state index in [0.29, 0.717) is 0 Å². The molecule has 0 spiro atoms. The lowest BCUT2D eigenvalue weighted by Crippen LogP contribution is -2.14. The van der Waals surface area contributed by atoms with Crippen molar-refractivity contribution in [2.45, 2.75) is 13.1 Å². The van der Waals surface area contributed by atoms with Crippen LogP contribution in [0.5, 0.6) is 0 Å². The molecule has 0 aliphatic rings. The molecule has 0 saturated heterocycles. The van der Waals surface area contributed by atoms with Crippen LogP contribution >= 0.6 is 0 Å². The predicted molar refractivity (Wildman–Crippen MR) is 50.3 cm³/mol. The number of furan rings is 1. The molecule has 5 nitrogen and oxygen atoms in total. The van der Waals surface area contributed by atoms with E-state index >= 15 is 0 Å². The monoisotopic (exact) mass is 192 g/mol. The van der Waals surface area contributed by atoms with Gasteiger partial charge in [0.2, 0.25) is 0 Å². The summed E-state index contributed by atoms with van der Waals surface area (Å²) in [6.07, 6.45) is 3.41. The van der Waals surface area contributed by atoms with Crippen molar-refractivity contribution in [2.75, 3.05) is 0 Å². The highest BCUT2D eigenvalue weighted by atomic mass is 16.3. The van der Waals surface area contributed by atoms with Gasteiger partial charge in [0.05, 0.1) is 24.7 Å². The van der Waals surface area contributed by atoms with Gasteiger partial charge in [-0.2, -0.15) is 0 Å². The van der Waals surface area contributed by atoms with Crippen molar-refractivity contribution >= 4 is 0 Å². The maximum atomic E-state index is 5.18. The summed E-state index contributed by atoms with van der Waals surface area (Å²) >= 11 is 0. The summed E-state index contributed by atoms with van der Waals surface area (Å²) in [5.74, 6) is 0.931. The van der Waals surface area contributed by atoms with Crippen LogP contribution in [0.4, 0.5) is 0 Å². The standard InChI is InChI=1S/C9H12N4O/c1-13-8(6-11-12-13)5-10-7-9-3-2-4-14-9/h2-4,6,10H,5,7H2,1H3. The smallest absolute Gasteiger partial charge is 0.117 e. The Morgan fingerprint density at radius 3 is 3.07 bits per heavy atom. The lowest BCUT2D eigenvalue weighted by molar-refractivity contribution is 0.479. The predicted octanol–water partition coefficient (Wildman–Crippen LogP) is 0.698. The quantitative estimate of drug-likeness (QED) is 0.774. The molecular formula is C9H12N4O. The highest BCUT2D eigenvalue weighted by Crippen LogP contribution is 1.99. The van der Waals surface area contributed by atoms with Crippen molar-refractivity contribution in [1.82, 2.24) is 20.3 Å². The Morgan fingerprint density at radius 2 is 2.43 bits per heavy atom. The molecule has 0 aliphatic carbocycles. The summed E-state index contributed by atoms with van der Waals surface area (Å²) in [5.41, 5.74) is 1.05. The van der Waals surface area contributed by atoms with E-state index in [9.17, 15) is 0 Å². The molecule has 0 amide bonds. The maximum Gasteiger partial charge on any atom is 0.117 e. The average molecular weight is 192 g/mol. The topological polar surface area (TPSA) is 55.9 Å². The molecule has 1 N–H and O–H groups in total. The fourth-order valence-corrected chi connectivity index (χ4v) is 1.20. The summed E-state index contributed by atoms with van der Waals surface area (Å²) in [6, 6.07) is 3.82. The molecule has 0 aliphatic heterocycles. The van der Waals surface area contributed by atoms with Crippen molar-refractivity contribution < 1.29 is 4.42 Å². The van der Waals surface area contributed by atoms with Crippen LogP contribution in [0, 0.1) is 0 Å². The van der Waals surface area contributed by atoms with Crippen molar-refractivity contribution in [3.05, 3.63) is 36.0 Å². The van der Waals surface area contributed by atoms with Gasteiger partial charge in [-0.05, 0) is 12.1 Å². The van der Waals surface area contributed by atoms with Crippen LogP contribution < -0.4 is 5.32 Å². The largest absolute Gasteiger partial charge is 0.468 e. The van der Waals surface area contributed by atoms with Gasteiger partial charge in [0, 0.05) is 13.6 Å². The molecule has 2 aromatic rings. The Bertz CT molecular complexity index is 379. The minimum Gasteiger partial charge on any atom is -0.468 e. The van der Waals surface area contributed by atoms with Crippen LogP contribution in [0.1, 0.15) is 11.5 Å². The maximum absolute atomic E-state index is 5.18. The first-order chi connectivity index (χ1) is 6.86. The van der Waals surface area contributed by atoms with Crippen LogP contribution in [0.15, 0.2) is 29.0 Å². The lowest BCUT2D eigenvalue weighted by Gasteiger charge is -2.01. The zero-order valence-corrected chi connectivity index (χ0v) is 7.97. The third kappa shape index (κ3) is 2.00. The summed E-state index contributed by atoms with van der Waals surface area (Å²) in [6.45, 7) is 1.46. The van der Waals surface area contributed by atoms with Gasteiger partial charge in [-0.1, -0.05) is 5.21 Å². The fourth-order valence-electron chi connectivity index (χ4n) is 1.20. The van der Waals surface area contributed by atoms with Crippen molar-refractivity contribution in [2.24, 2.45) is 7.05 Å². The Hall–Kier alpha value is -1.62. The van der Waals surface area contributed by atoms with E-state index < -0.39 is 0 Å². The molecule has 14 heavy (non-hydrogen) atoms. The number of rotatable bonds is 4. The molecule has 0 aromatic carbocycles. The number of nitrogens with zero attached hydrogens (tertiary/aromatic N) is 3. The highest BCUT2D eigenvalue weighted by molar-refractivity contribution is 4.98. The van der Waals surface area contributed by atoms with Gasteiger partial charge in [0.25, 0.3) is 0 Å². The molecule has 74 valence electrons. The van der Waals surface area contributed by atoms with Gasteiger partial charge in [-0.3, -0.25) is 4.68 Å². The molecule has 0 unspecified atom stereocenters. The van der Waals surface area contributed by atoms with Crippen LogP contribution in [0.3, 0.4) is 0 Å². The zero-order chi connectivity index (χ0) is 9.80. The van der Waals surface area contributed by atoms with E-state index in [1.807, 2.05) is 19.2 Å². The van der Waals surface area contributed by atoms with Gasteiger partial charge in [0.1, 0.15) is 5.76 Å². The van der Waals surface area contributed by atoms with Crippen LogP contribution in [-0.2, 0) is 20.1 Å². The molecule has 0 bridgehead atoms. The number of hydrogen-bond donors (Lipinski definition) is 1. The molecule has 0 saturated carbocycles. The first kappa shape index (κ1) is 8.96. The normalized spacial score (nSPS) is 10.6. The summed E-state index contributed by atoms with van der Waals surface area (Å²) in [4.78, 5) is 0. The van der Waals surface area contributed by atoms with E-state index in [-0.39, 0.29) is 0 Å². The van der Waals surface area contributed by atoms with Crippen LogP contribution in [0.2, 0.25) is 0 Å². The Labute approximate surface area is 81.7 Å². The summed E-state index contributed by atoms with van der Waals surface area (Å²) in [5, 5.41) is 10.9. The van der Waals surface area contributed by atoms with E-state index in [2.05, 4.69) is 15.6 Å². The number of nitrogens with one attached hydrogen (secondary N) is 1. The van der Waals surface area contributed by atoms with Gasteiger partial charge in [0.15, 0.2) is 0 Å². The number of aryl methyl sites for hydroxylation is 1. The molecule has 2 heterocycles. The first-order valence-electron chi connectivity index (χ1n) is 4.43. The molecule has 2 rings (SSSR count). The van der Waals surface area contributed by atoms with E-state index in [0.717, 1.165) is 24.5 Å². The van der Waals surface area contributed by atoms with Gasteiger partial charge in [-0.15, -0.1) is 5.10 Å². The Morgan fingerprint density at radius 1 is 1.50 bits per heavy atom. The summed E-state index contributed by atoms with van der Waals surface area (Å²) < 4.78 is 6.93. The fraction of sp³-hybridized carbons (Fsp3) is 0.333. The minimum atomic E-state index is 0.720. The second-order valence-corrected chi connectivity index (χ2v) is 3.03. The molecule has 2 aromatic heterocycles. The average Bonchev–Trinajstić information content (AvgIpc) is 2.78. The van der Waals surface area contributed by atoms with Gasteiger partial charge in [-0.25, -0.2) is 0 Å². The molecular weight excluding hydrogens is 180 g/mol. The SMILES string of the molecule is Cn1nncc1CNCc1ccco1. The third-order valence-corrected chi connectivity index (χ3v) is 1.99. The second kappa shape index (κ2) is 4.06. The van der Waals surface area contributed by atoms with E-state index in [1.54, 1.807) is 17.1 Å². The molecule has 0 radical (unpaired) electrons. The van der Waals surface area contributed by atoms with Gasteiger partial charge < -0.3 is 9.73 Å². The Kier molecular flexibility index (Phi) is 2.60. The summed E-state index contributed by atoms with van der Waals surface area (Å²) in [7, 11) is 1.87. The number of hydrogen-bond acceptors (Lipinski definition) is 4. The van der Waals surface area contributed by atoms with E-state index in [1.165, 1.54) is 0 Å². The van der Waals surface area contributed by atoms with Crippen LogP contribution in [0.25, 0.3) is 0 Å². The third-order valence-electron chi connectivity index (χ3n) is 1.99. The molecule has 0 atom stereocenters. The highest BCUT2D eigenvalue weighted by Gasteiger charge is 1.99.